The Morgan fingerprint density at radius 3 is 2.72 bits per heavy atom. The zero-order valence-corrected chi connectivity index (χ0v) is 10.9. The topological polar surface area (TPSA) is 33.6 Å². The Morgan fingerprint density at radius 2 is 2.11 bits per heavy atom. The van der Waals surface area contributed by atoms with E-state index in [1.165, 1.54) is 12.1 Å². The van der Waals surface area contributed by atoms with Gasteiger partial charge in [0.25, 0.3) is 0 Å². The van der Waals surface area contributed by atoms with E-state index in [0.29, 0.717) is 16.2 Å². The molecule has 0 amide bonds. The molecule has 0 radical (unpaired) electrons. The predicted molar refractivity (Wildman–Crippen MR) is 67.0 cm³/mol. The van der Waals surface area contributed by atoms with Gasteiger partial charge in [-0.1, -0.05) is 6.07 Å². The van der Waals surface area contributed by atoms with Gasteiger partial charge in [-0.3, -0.25) is 5.10 Å². The first-order chi connectivity index (χ1) is 8.49. The minimum atomic E-state index is -0.584. The van der Waals surface area contributed by atoms with E-state index in [9.17, 15) is 8.78 Å². The first kappa shape index (κ1) is 12.9. The largest absolute Gasteiger partial charge is 0.301 e. The summed E-state index contributed by atoms with van der Waals surface area (Å²) in [4.78, 5) is 0. The van der Waals surface area contributed by atoms with Crippen LogP contribution in [0.1, 0.15) is 31.3 Å². The number of halogens is 2. The zero-order chi connectivity index (χ0) is 13.3. The number of nitrogens with zero attached hydrogens (tertiary/aromatic N) is 2. The second kappa shape index (κ2) is 4.97. The van der Waals surface area contributed by atoms with Crippen LogP contribution in [-0.2, 0) is 6.42 Å². The molecule has 1 aromatic carbocycles. The molecule has 0 atom stereocenters. The summed E-state index contributed by atoms with van der Waals surface area (Å²) in [6.07, 6.45) is 0.275. The Kier molecular flexibility index (Phi) is 3.56. The third-order valence-electron chi connectivity index (χ3n) is 2.66. The van der Waals surface area contributed by atoms with Gasteiger partial charge in [-0.05, 0) is 37.7 Å². The molecule has 6 heteroatoms. The van der Waals surface area contributed by atoms with Crippen molar-refractivity contribution in [1.29, 1.82) is 0 Å². The van der Waals surface area contributed by atoms with Crippen molar-refractivity contribution >= 4 is 12.2 Å². The van der Waals surface area contributed by atoms with E-state index in [1.807, 2.05) is 18.4 Å². The van der Waals surface area contributed by atoms with Crippen LogP contribution in [0.25, 0.3) is 0 Å². The van der Waals surface area contributed by atoms with Gasteiger partial charge in [0.15, 0.2) is 4.77 Å². The number of aromatic nitrogens is 3. The number of hydrogen-bond acceptors (Lipinski definition) is 2. The van der Waals surface area contributed by atoms with E-state index in [-0.39, 0.29) is 12.5 Å². The third-order valence-corrected chi connectivity index (χ3v) is 2.95. The molecule has 0 aliphatic heterocycles. The molecule has 0 spiro atoms. The molecule has 0 saturated heterocycles. The van der Waals surface area contributed by atoms with E-state index >= 15 is 0 Å². The van der Waals surface area contributed by atoms with Crippen molar-refractivity contribution < 1.29 is 8.78 Å². The first-order valence-electron chi connectivity index (χ1n) is 5.58. The molecule has 1 N–H and O–H groups in total. The van der Waals surface area contributed by atoms with Crippen molar-refractivity contribution in [2.24, 2.45) is 0 Å². The summed E-state index contributed by atoms with van der Waals surface area (Å²) in [6.45, 7) is 3.94. The highest BCUT2D eigenvalue weighted by molar-refractivity contribution is 7.71. The molecule has 3 nitrogen and oxygen atoms in total. The van der Waals surface area contributed by atoms with Crippen molar-refractivity contribution in [2.45, 2.75) is 26.3 Å². The van der Waals surface area contributed by atoms with Crippen LogP contribution in [0.15, 0.2) is 18.2 Å². The maximum absolute atomic E-state index is 13.6. The van der Waals surface area contributed by atoms with Gasteiger partial charge in [0, 0.05) is 18.5 Å². The zero-order valence-electron chi connectivity index (χ0n) is 10.1. The summed E-state index contributed by atoms with van der Waals surface area (Å²) < 4.78 is 28.7. The SMILES string of the molecule is CC(C)n1c(Cc2ccc(F)cc2F)n[nH]c1=S. The molecule has 96 valence electrons. The highest BCUT2D eigenvalue weighted by Gasteiger charge is 2.12. The highest BCUT2D eigenvalue weighted by Crippen LogP contribution is 2.16. The molecule has 18 heavy (non-hydrogen) atoms. The van der Waals surface area contributed by atoms with E-state index < -0.39 is 11.6 Å². The lowest BCUT2D eigenvalue weighted by Gasteiger charge is -2.10. The Balaban J connectivity index is 2.37. The number of nitrogens with one attached hydrogen (secondary N) is 1. The van der Waals surface area contributed by atoms with Crippen molar-refractivity contribution in [3.8, 4) is 0 Å². The van der Waals surface area contributed by atoms with Gasteiger partial charge in [0.05, 0.1) is 0 Å². The summed E-state index contributed by atoms with van der Waals surface area (Å²) in [5.41, 5.74) is 0.396. The lowest BCUT2D eigenvalue weighted by Crippen LogP contribution is -2.08. The molecule has 0 aliphatic rings. The minimum absolute atomic E-state index is 0.134. The van der Waals surface area contributed by atoms with Crippen LogP contribution in [0, 0.1) is 16.4 Å². The molecule has 0 saturated carbocycles. The van der Waals surface area contributed by atoms with Crippen LogP contribution >= 0.6 is 12.2 Å². The fourth-order valence-electron chi connectivity index (χ4n) is 1.83. The van der Waals surface area contributed by atoms with E-state index in [2.05, 4.69) is 10.2 Å². The van der Waals surface area contributed by atoms with Crippen LogP contribution in [0.4, 0.5) is 8.78 Å². The number of hydrogen-bond donors (Lipinski definition) is 1. The summed E-state index contributed by atoms with van der Waals surface area (Å²) in [7, 11) is 0. The maximum Gasteiger partial charge on any atom is 0.195 e. The summed E-state index contributed by atoms with van der Waals surface area (Å²) in [6, 6.07) is 3.66. The molecule has 0 bridgehead atoms. The third kappa shape index (κ3) is 2.48. The Bertz CT molecular complexity index is 616. The summed E-state index contributed by atoms with van der Waals surface area (Å²) >= 11 is 5.11. The Labute approximate surface area is 108 Å². The molecule has 1 aromatic heterocycles. The Morgan fingerprint density at radius 1 is 1.39 bits per heavy atom. The number of H-pyrrole nitrogens is 1. The van der Waals surface area contributed by atoms with Crippen molar-refractivity contribution in [1.82, 2.24) is 14.8 Å². The van der Waals surface area contributed by atoms with Crippen LogP contribution < -0.4 is 0 Å². The summed E-state index contributed by atoms with van der Waals surface area (Å²) in [5.74, 6) is -0.515. The number of benzene rings is 1. The first-order valence-corrected chi connectivity index (χ1v) is 5.99. The average molecular weight is 269 g/mol. The second-order valence-corrected chi connectivity index (χ2v) is 4.71. The molecule has 0 unspecified atom stereocenters. The molecule has 0 fully saturated rings. The standard InChI is InChI=1S/C12H13F2N3S/c1-7(2)17-11(15-16-12(17)18)5-8-3-4-9(13)6-10(8)14/h3-4,6-7H,5H2,1-2H3,(H,16,18). The van der Waals surface area contributed by atoms with Gasteiger partial charge < -0.3 is 4.57 Å². The highest BCUT2D eigenvalue weighted by atomic mass is 32.1. The van der Waals surface area contributed by atoms with Crippen molar-refractivity contribution in [3.63, 3.8) is 0 Å². The monoisotopic (exact) mass is 269 g/mol. The smallest absolute Gasteiger partial charge is 0.195 e. The quantitative estimate of drug-likeness (QED) is 0.866. The van der Waals surface area contributed by atoms with Crippen molar-refractivity contribution in [3.05, 3.63) is 46.0 Å². The minimum Gasteiger partial charge on any atom is -0.301 e. The predicted octanol–water partition coefficient (Wildman–Crippen LogP) is 3.39. The second-order valence-electron chi connectivity index (χ2n) is 4.32. The molecule has 1 heterocycles. The van der Waals surface area contributed by atoms with Gasteiger partial charge in [-0.2, -0.15) is 5.10 Å². The summed E-state index contributed by atoms with van der Waals surface area (Å²) in [5, 5.41) is 6.77. The molecular formula is C12H13F2N3S. The number of rotatable bonds is 3. The molecule has 0 aliphatic carbocycles. The van der Waals surface area contributed by atoms with Gasteiger partial charge in [-0.25, -0.2) is 8.78 Å². The average Bonchev–Trinajstić information content (AvgIpc) is 2.64. The molecule has 2 rings (SSSR count). The van der Waals surface area contributed by atoms with Gasteiger partial charge in [-0.15, -0.1) is 0 Å². The molecular weight excluding hydrogens is 256 g/mol. The number of aromatic amines is 1. The maximum atomic E-state index is 13.6. The van der Waals surface area contributed by atoms with Crippen molar-refractivity contribution in [2.75, 3.05) is 0 Å². The van der Waals surface area contributed by atoms with E-state index in [1.54, 1.807) is 0 Å². The van der Waals surface area contributed by atoms with Crippen LogP contribution in [-0.4, -0.2) is 14.8 Å². The van der Waals surface area contributed by atoms with Crippen LogP contribution in [0.5, 0.6) is 0 Å². The van der Waals surface area contributed by atoms with E-state index in [0.717, 1.165) is 6.07 Å². The van der Waals surface area contributed by atoms with E-state index in [4.69, 9.17) is 12.2 Å². The van der Waals surface area contributed by atoms with Gasteiger partial charge >= 0.3 is 0 Å². The van der Waals surface area contributed by atoms with Gasteiger partial charge in [0.2, 0.25) is 0 Å². The van der Waals surface area contributed by atoms with Crippen LogP contribution in [0.2, 0.25) is 0 Å². The fourth-order valence-corrected chi connectivity index (χ4v) is 2.19. The lowest BCUT2D eigenvalue weighted by atomic mass is 10.1. The normalized spacial score (nSPS) is 11.2. The Hall–Kier alpha value is -1.56. The fraction of sp³-hybridized carbons (Fsp3) is 0.333. The lowest BCUT2D eigenvalue weighted by molar-refractivity contribution is 0.553. The van der Waals surface area contributed by atoms with Crippen LogP contribution in [0.3, 0.4) is 0 Å². The molecule has 2 aromatic rings. The van der Waals surface area contributed by atoms with Gasteiger partial charge in [0.1, 0.15) is 17.5 Å².